The van der Waals surface area contributed by atoms with Crippen LogP contribution >= 0.6 is 0 Å². The molecule has 0 fully saturated rings. The highest BCUT2D eigenvalue weighted by Gasteiger charge is 2.19. The van der Waals surface area contributed by atoms with Gasteiger partial charge in [-0.2, -0.15) is 0 Å². The Hall–Kier alpha value is -6.91. The van der Waals surface area contributed by atoms with Crippen LogP contribution in [-0.2, 0) is 0 Å². The molecular formula is C47H29N3O. The first-order valence-electron chi connectivity index (χ1n) is 19.2. The summed E-state index contributed by atoms with van der Waals surface area (Å²) in [5, 5.41) is 5.80. The second-order valence-corrected chi connectivity index (χ2v) is 12.5. The zero-order valence-electron chi connectivity index (χ0n) is 32.1. The lowest BCUT2D eigenvalue weighted by atomic mass is 9.95. The minimum absolute atomic E-state index is 0.167. The summed E-state index contributed by atoms with van der Waals surface area (Å²) in [6.45, 7) is 0. The van der Waals surface area contributed by atoms with E-state index in [4.69, 9.17) is 26.2 Å². The zero-order chi connectivity index (χ0) is 38.1. The fraction of sp³-hybridized carbons (Fsp3) is 0. The monoisotopic (exact) mass is 656 g/mol. The number of furan rings is 1. The summed E-state index contributed by atoms with van der Waals surface area (Å²) in [5.41, 5.74) is 6.84. The summed E-state index contributed by atoms with van der Waals surface area (Å²) in [4.78, 5) is 15.4. The van der Waals surface area contributed by atoms with E-state index in [1.165, 1.54) is 0 Å². The minimum Gasteiger partial charge on any atom is -0.456 e. The molecule has 0 N–H and O–H groups in total. The van der Waals surface area contributed by atoms with Crippen molar-refractivity contribution >= 4 is 43.5 Å². The van der Waals surface area contributed by atoms with Crippen molar-refractivity contribution in [3.05, 3.63) is 176 Å². The predicted molar refractivity (Wildman–Crippen MR) is 209 cm³/mol. The van der Waals surface area contributed by atoms with Crippen molar-refractivity contribution in [1.82, 2.24) is 15.0 Å². The summed E-state index contributed by atoms with van der Waals surface area (Å²) >= 11 is 0. The van der Waals surface area contributed by atoms with Crippen LogP contribution in [0.15, 0.2) is 180 Å². The highest BCUT2D eigenvalue weighted by atomic mass is 16.3. The van der Waals surface area contributed by atoms with Crippen molar-refractivity contribution in [1.29, 1.82) is 0 Å². The molecule has 2 heterocycles. The van der Waals surface area contributed by atoms with Crippen molar-refractivity contribution in [3.63, 3.8) is 0 Å². The molecular weight excluding hydrogens is 623 g/mol. The molecule has 0 atom stereocenters. The van der Waals surface area contributed by atoms with E-state index in [0.29, 0.717) is 23.0 Å². The maximum Gasteiger partial charge on any atom is 0.164 e. The summed E-state index contributed by atoms with van der Waals surface area (Å²) in [7, 11) is 0. The maximum atomic E-state index is 8.50. The van der Waals surface area contributed by atoms with Gasteiger partial charge in [0, 0.05) is 27.5 Å². The topological polar surface area (TPSA) is 51.8 Å². The first-order chi connectivity index (χ1) is 27.3. The lowest BCUT2D eigenvalue weighted by Gasteiger charge is -2.13. The molecule has 10 rings (SSSR count). The molecule has 0 spiro atoms. The molecule has 0 saturated carbocycles. The van der Waals surface area contributed by atoms with E-state index in [9.17, 15) is 0 Å². The third kappa shape index (κ3) is 5.13. The van der Waals surface area contributed by atoms with Gasteiger partial charge in [0.1, 0.15) is 11.2 Å². The van der Waals surface area contributed by atoms with Crippen molar-refractivity contribution in [3.8, 4) is 56.4 Å². The third-order valence-corrected chi connectivity index (χ3v) is 9.37. The lowest BCUT2D eigenvalue weighted by molar-refractivity contribution is 0.669. The Morgan fingerprint density at radius 1 is 0.392 bits per heavy atom. The Balaban J connectivity index is 1.18. The van der Waals surface area contributed by atoms with E-state index in [2.05, 4.69) is 42.5 Å². The molecule has 8 aromatic carbocycles. The Morgan fingerprint density at radius 3 is 1.88 bits per heavy atom. The van der Waals surface area contributed by atoms with Crippen LogP contribution in [-0.4, -0.2) is 15.0 Å². The molecule has 2 aromatic heterocycles. The number of para-hydroxylation sites is 1. The number of benzene rings is 8. The van der Waals surface area contributed by atoms with Gasteiger partial charge in [-0.3, -0.25) is 0 Å². The second kappa shape index (κ2) is 11.9. The summed E-state index contributed by atoms with van der Waals surface area (Å²) in [6.07, 6.45) is 0. The predicted octanol–water partition coefficient (Wildman–Crippen LogP) is 12.4. The van der Waals surface area contributed by atoms with Crippen LogP contribution in [0.4, 0.5) is 0 Å². The fourth-order valence-corrected chi connectivity index (χ4v) is 6.95. The van der Waals surface area contributed by atoms with Crippen molar-refractivity contribution in [2.45, 2.75) is 0 Å². The molecule has 10 aromatic rings. The highest BCUT2D eigenvalue weighted by molar-refractivity contribution is 6.12. The fourth-order valence-electron chi connectivity index (χ4n) is 6.95. The van der Waals surface area contributed by atoms with Gasteiger partial charge in [-0.1, -0.05) is 139 Å². The van der Waals surface area contributed by atoms with Crippen LogP contribution in [0.5, 0.6) is 0 Å². The smallest absolute Gasteiger partial charge is 0.164 e. The van der Waals surface area contributed by atoms with Gasteiger partial charge in [-0.25, -0.2) is 15.0 Å². The van der Waals surface area contributed by atoms with Gasteiger partial charge in [-0.05, 0) is 80.2 Å². The quantitative estimate of drug-likeness (QED) is 0.185. The molecule has 0 aliphatic heterocycles. The van der Waals surface area contributed by atoms with Crippen molar-refractivity contribution in [2.24, 2.45) is 0 Å². The van der Waals surface area contributed by atoms with Gasteiger partial charge in [0.05, 0.1) is 6.85 Å². The molecule has 0 bridgehead atoms. The van der Waals surface area contributed by atoms with Gasteiger partial charge >= 0.3 is 0 Å². The van der Waals surface area contributed by atoms with E-state index in [-0.39, 0.29) is 29.7 Å². The first-order valence-corrected chi connectivity index (χ1v) is 16.7. The summed E-state index contributed by atoms with van der Waals surface area (Å²) in [6, 6.07) is 46.6. The van der Waals surface area contributed by atoms with Gasteiger partial charge < -0.3 is 4.42 Å². The largest absolute Gasteiger partial charge is 0.456 e. The Morgan fingerprint density at radius 2 is 1.04 bits per heavy atom. The second-order valence-electron chi connectivity index (χ2n) is 12.5. The van der Waals surface area contributed by atoms with Gasteiger partial charge in [0.15, 0.2) is 17.5 Å². The third-order valence-electron chi connectivity index (χ3n) is 9.37. The maximum absolute atomic E-state index is 8.50. The SMILES string of the molecule is [2H]c1c([2H])c([2H])c(-c2ccc3cc(-c4nc(-c5cc(-c6ccccc6)c6ccccc6c5)nc(-c5cccc6oc7ccccc7c56)n4)ccc3c2)c([2H])c1[2H]. The normalized spacial score (nSPS) is 12.9. The molecule has 4 heteroatoms. The van der Waals surface area contributed by atoms with Crippen LogP contribution in [0.3, 0.4) is 0 Å². The van der Waals surface area contributed by atoms with E-state index in [1.54, 1.807) is 6.07 Å². The molecule has 0 saturated heterocycles. The number of aromatic nitrogens is 3. The number of rotatable bonds is 5. The minimum atomic E-state index is -0.414. The molecule has 238 valence electrons. The number of hydrogen-bond donors (Lipinski definition) is 0. The molecule has 51 heavy (non-hydrogen) atoms. The number of hydrogen-bond acceptors (Lipinski definition) is 4. The lowest BCUT2D eigenvalue weighted by Crippen LogP contribution is -2.01. The van der Waals surface area contributed by atoms with Crippen LogP contribution in [0, 0.1) is 0 Å². The molecule has 0 unspecified atom stereocenters. The average molecular weight is 657 g/mol. The van der Waals surface area contributed by atoms with E-state index < -0.39 is 6.04 Å². The van der Waals surface area contributed by atoms with E-state index in [0.717, 1.165) is 71.3 Å². The van der Waals surface area contributed by atoms with Crippen molar-refractivity contribution in [2.75, 3.05) is 0 Å². The standard InChI is InChI=1S/C47H29N3O/c1-3-12-30(13-4-1)32-22-23-34-27-36(25-24-33(34)26-32)45-48-46(37-28-35-16-7-8-17-38(35)41(29-37)31-14-5-2-6-15-31)50-47(49-45)40-19-11-21-43-44(40)39-18-9-10-20-42(39)51-43/h1-29H/i1D,3D,4D,12D,13D. The highest BCUT2D eigenvalue weighted by Crippen LogP contribution is 2.38. The van der Waals surface area contributed by atoms with Crippen LogP contribution in [0.1, 0.15) is 6.85 Å². The molecule has 0 radical (unpaired) electrons. The average Bonchev–Trinajstić information content (AvgIpc) is 3.64. The van der Waals surface area contributed by atoms with Gasteiger partial charge in [-0.15, -0.1) is 0 Å². The molecule has 0 aliphatic carbocycles. The molecule has 0 amide bonds. The van der Waals surface area contributed by atoms with Gasteiger partial charge in [0.2, 0.25) is 0 Å². The molecule has 4 nitrogen and oxygen atoms in total. The Bertz CT molecular complexity index is 3190. The van der Waals surface area contributed by atoms with Gasteiger partial charge in [0.25, 0.3) is 0 Å². The van der Waals surface area contributed by atoms with Crippen LogP contribution < -0.4 is 0 Å². The summed E-state index contributed by atoms with van der Waals surface area (Å²) < 4.78 is 47.6. The van der Waals surface area contributed by atoms with Crippen LogP contribution in [0.2, 0.25) is 0 Å². The summed E-state index contributed by atoms with van der Waals surface area (Å²) in [5.74, 6) is 1.52. The first kappa shape index (κ1) is 24.3. The Labute approximate surface area is 301 Å². The van der Waals surface area contributed by atoms with Crippen molar-refractivity contribution < 1.29 is 11.3 Å². The van der Waals surface area contributed by atoms with E-state index >= 15 is 0 Å². The van der Waals surface area contributed by atoms with Crippen LogP contribution in [0.25, 0.3) is 99.9 Å². The zero-order valence-corrected chi connectivity index (χ0v) is 27.1. The Kier molecular flexibility index (Phi) is 5.66. The molecule has 0 aliphatic rings. The number of fused-ring (bicyclic) bond motifs is 5. The van der Waals surface area contributed by atoms with E-state index in [1.807, 2.05) is 97.1 Å². The number of nitrogens with zero attached hydrogens (tertiary/aromatic N) is 3.